The number of rotatable bonds is 9. The van der Waals surface area contributed by atoms with E-state index in [4.69, 9.17) is 31.2 Å². The number of thiocarbonyl (C=S) groups is 1. The SMILES string of the molecule is CCC(NC(N)=S)[Si](OC(C)C)(OC(C)C)OC(C)C. The van der Waals surface area contributed by atoms with Crippen molar-refractivity contribution in [3.63, 3.8) is 0 Å². The van der Waals surface area contributed by atoms with Crippen molar-refractivity contribution in [2.24, 2.45) is 5.73 Å². The quantitative estimate of drug-likeness (QED) is 0.502. The van der Waals surface area contributed by atoms with Crippen LogP contribution in [0.3, 0.4) is 0 Å². The maximum Gasteiger partial charge on any atom is 0.525 e. The predicted octanol–water partition coefficient (Wildman–Crippen LogP) is 2.35. The average Bonchev–Trinajstić information content (AvgIpc) is 2.21. The summed E-state index contributed by atoms with van der Waals surface area (Å²) in [5.74, 6) is 0. The van der Waals surface area contributed by atoms with Gasteiger partial charge in [0.2, 0.25) is 0 Å². The van der Waals surface area contributed by atoms with Crippen LogP contribution in [0.1, 0.15) is 54.9 Å². The number of nitrogens with two attached hydrogens (primary N) is 1. The van der Waals surface area contributed by atoms with Gasteiger partial charge in [0.05, 0.1) is 5.67 Å². The summed E-state index contributed by atoms with van der Waals surface area (Å²) in [4.78, 5) is 0. The van der Waals surface area contributed by atoms with Gasteiger partial charge in [-0.2, -0.15) is 0 Å². The van der Waals surface area contributed by atoms with Gasteiger partial charge in [-0.3, -0.25) is 0 Å². The Labute approximate surface area is 129 Å². The topological polar surface area (TPSA) is 65.7 Å². The Morgan fingerprint density at radius 1 is 1.00 bits per heavy atom. The van der Waals surface area contributed by atoms with Crippen molar-refractivity contribution >= 4 is 26.1 Å². The Morgan fingerprint density at radius 2 is 1.35 bits per heavy atom. The minimum Gasteiger partial charge on any atom is -0.376 e. The van der Waals surface area contributed by atoms with E-state index >= 15 is 0 Å². The first-order valence-corrected chi connectivity index (χ1v) is 9.43. The Hall–Kier alpha value is -0.213. The van der Waals surface area contributed by atoms with Crippen molar-refractivity contribution < 1.29 is 13.3 Å². The van der Waals surface area contributed by atoms with Crippen LogP contribution in [0.25, 0.3) is 0 Å². The molecule has 0 aromatic heterocycles. The molecule has 5 nitrogen and oxygen atoms in total. The predicted molar refractivity (Wildman–Crippen MR) is 88.4 cm³/mol. The molecule has 120 valence electrons. The fourth-order valence-electron chi connectivity index (χ4n) is 1.93. The van der Waals surface area contributed by atoms with Gasteiger partial charge in [-0.15, -0.1) is 0 Å². The van der Waals surface area contributed by atoms with Crippen molar-refractivity contribution in [2.45, 2.75) is 78.9 Å². The van der Waals surface area contributed by atoms with Gasteiger partial charge >= 0.3 is 8.80 Å². The van der Waals surface area contributed by atoms with E-state index in [0.717, 1.165) is 6.42 Å². The van der Waals surface area contributed by atoms with Crippen LogP contribution in [0.5, 0.6) is 0 Å². The first kappa shape index (κ1) is 19.8. The maximum atomic E-state index is 6.13. The Balaban J connectivity index is 5.45. The lowest BCUT2D eigenvalue weighted by molar-refractivity contribution is -0.00581. The zero-order valence-corrected chi connectivity index (χ0v) is 15.5. The van der Waals surface area contributed by atoms with Gasteiger partial charge in [0.25, 0.3) is 0 Å². The molecule has 1 unspecified atom stereocenters. The molecule has 0 fully saturated rings. The molecule has 0 radical (unpaired) electrons. The highest BCUT2D eigenvalue weighted by Gasteiger charge is 2.51. The third-order valence-corrected chi connectivity index (χ3v) is 6.28. The summed E-state index contributed by atoms with van der Waals surface area (Å²) in [6.07, 6.45) is 0.763. The molecule has 0 amide bonds. The fourth-order valence-corrected chi connectivity index (χ4v) is 5.64. The van der Waals surface area contributed by atoms with Crippen LogP contribution >= 0.6 is 12.2 Å². The molecule has 3 N–H and O–H groups in total. The summed E-state index contributed by atoms with van der Waals surface area (Å²) in [6.45, 7) is 13.9. The molecular formula is C13H30N2O3SSi. The van der Waals surface area contributed by atoms with Crippen LogP contribution in [0, 0.1) is 0 Å². The van der Waals surface area contributed by atoms with E-state index in [9.17, 15) is 0 Å². The zero-order chi connectivity index (χ0) is 15.9. The summed E-state index contributed by atoms with van der Waals surface area (Å²) in [5.41, 5.74) is 5.49. The van der Waals surface area contributed by atoms with Crippen LogP contribution in [0.15, 0.2) is 0 Å². The van der Waals surface area contributed by atoms with Gasteiger partial charge in [0.15, 0.2) is 5.11 Å². The average molecular weight is 323 g/mol. The molecule has 20 heavy (non-hydrogen) atoms. The Kier molecular flexibility index (Phi) is 8.84. The van der Waals surface area contributed by atoms with E-state index < -0.39 is 8.80 Å². The first-order chi connectivity index (χ1) is 9.12. The van der Waals surface area contributed by atoms with Crippen LogP contribution < -0.4 is 11.1 Å². The van der Waals surface area contributed by atoms with Gasteiger partial charge in [-0.25, -0.2) is 0 Å². The van der Waals surface area contributed by atoms with Crippen LogP contribution in [-0.4, -0.2) is 37.9 Å². The molecule has 0 rings (SSSR count). The third kappa shape index (κ3) is 6.99. The number of nitrogens with one attached hydrogen (secondary N) is 1. The lowest BCUT2D eigenvalue weighted by Crippen LogP contribution is -2.65. The summed E-state index contributed by atoms with van der Waals surface area (Å²) >= 11 is 4.97. The lowest BCUT2D eigenvalue weighted by atomic mass is 10.5. The van der Waals surface area contributed by atoms with Crippen LogP contribution in [-0.2, 0) is 13.3 Å². The van der Waals surface area contributed by atoms with Crippen molar-refractivity contribution in [2.75, 3.05) is 0 Å². The van der Waals surface area contributed by atoms with E-state index in [2.05, 4.69) is 5.32 Å². The summed E-state index contributed by atoms with van der Waals surface area (Å²) < 4.78 is 18.4. The summed E-state index contributed by atoms with van der Waals surface area (Å²) in [6, 6.07) is 0. The van der Waals surface area contributed by atoms with Crippen molar-refractivity contribution in [1.82, 2.24) is 5.32 Å². The minimum absolute atomic E-state index is 0.00126. The standard InChI is InChI=1S/C13H30N2O3SSi/c1-8-12(15-13(14)19)20(16-9(2)3,17-10(4)5)18-11(6)7/h9-12H,8H2,1-7H3,(H3,14,15,19). The largest absolute Gasteiger partial charge is 0.525 e. The van der Waals surface area contributed by atoms with Gasteiger partial charge in [0, 0.05) is 18.3 Å². The van der Waals surface area contributed by atoms with Gasteiger partial charge < -0.3 is 24.3 Å². The highest BCUT2D eigenvalue weighted by molar-refractivity contribution is 7.80. The molecule has 0 bridgehead atoms. The fraction of sp³-hybridized carbons (Fsp3) is 0.923. The molecule has 0 aliphatic heterocycles. The van der Waals surface area contributed by atoms with Crippen LogP contribution in [0.2, 0.25) is 0 Å². The molecule has 0 heterocycles. The molecule has 0 aliphatic rings. The molecule has 0 saturated carbocycles. The second-order valence-electron chi connectivity index (χ2n) is 5.57. The second kappa shape index (κ2) is 8.94. The van der Waals surface area contributed by atoms with Gasteiger partial charge in [0.1, 0.15) is 0 Å². The molecule has 7 heteroatoms. The molecule has 0 spiro atoms. The van der Waals surface area contributed by atoms with Crippen molar-refractivity contribution in [3.8, 4) is 0 Å². The third-order valence-electron chi connectivity index (χ3n) is 2.35. The monoisotopic (exact) mass is 322 g/mol. The smallest absolute Gasteiger partial charge is 0.376 e. The maximum absolute atomic E-state index is 6.13. The number of hydrogen-bond acceptors (Lipinski definition) is 4. The van der Waals surface area contributed by atoms with Crippen LogP contribution in [0.4, 0.5) is 0 Å². The van der Waals surface area contributed by atoms with Crippen molar-refractivity contribution in [1.29, 1.82) is 0 Å². The van der Waals surface area contributed by atoms with E-state index in [-0.39, 0.29) is 29.1 Å². The highest BCUT2D eigenvalue weighted by Crippen LogP contribution is 2.23. The first-order valence-electron chi connectivity index (χ1n) is 7.22. The molecule has 1 atom stereocenters. The molecule has 0 aromatic rings. The summed E-state index contributed by atoms with van der Waals surface area (Å²) in [7, 11) is -2.96. The molecular weight excluding hydrogens is 292 g/mol. The second-order valence-corrected chi connectivity index (χ2v) is 8.62. The van der Waals surface area contributed by atoms with E-state index in [1.165, 1.54) is 0 Å². The Bertz CT molecular complexity index is 275. The lowest BCUT2D eigenvalue weighted by Gasteiger charge is -2.39. The van der Waals surface area contributed by atoms with Crippen molar-refractivity contribution in [3.05, 3.63) is 0 Å². The highest BCUT2D eigenvalue weighted by atomic mass is 32.1. The minimum atomic E-state index is -2.96. The van der Waals surface area contributed by atoms with Gasteiger partial charge in [-0.05, 0) is 60.2 Å². The van der Waals surface area contributed by atoms with E-state index in [0.29, 0.717) is 0 Å². The molecule has 0 aliphatic carbocycles. The molecule has 0 saturated heterocycles. The van der Waals surface area contributed by atoms with E-state index in [1.807, 2.05) is 48.5 Å². The molecule has 0 aromatic carbocycles. The summed E-state index contributed by atoms with van der Waals surface area (Å²) in [5, 5.41) is 3.32. The number of hydrogen-bond donors (Lipinski definition) is 2. The van der Waals surface area contributed by atoms with Gasteiger partial charge in [-0.1, -0.05) is 6.92 Å². The normalized spacial score (nSPS) is 14.1. The van der Waals surface area contributed by atoms with E-state index in [1.54, 1.807) is 0 Å². The zero-order valence-electron chi connectivity index (χ0n) is 13.7. The Morgan fingerprint density at radius 3 is 1.55 bits per heavy atom.